The van der Waals surface area contributed by atoms with E-state index in [1.807, 2.05) is 31.2 Å². The van der Waals surface area contributed by atoms with Gasteiger partial charge < -0.3 is 25.8 Å². The van der Waals surface area contributed by atoms with Crippen molar-refractivity contribution in [3.05, 3.63) is 108 Å². The monoisotopic (exact) mass is 523 g/mol. The van der Waals surface area contributed by atoms with Gasteiger partial charge in [0.1, 0.15) is 5.82 Å². The van der Waals surface area contributed by atoms with E-state index in [-0.39, 0.29) is 30.2 Å². The molecule has 4 rings (SSSR count). The lowest BCUT2D eigenvalue weighted by Gasteiger charge is -2.18. The van der Waals surface area contributed by atoms with Gasteiger partial charge in [-0.2, -0.15) is 0 Å². The molecule has 0 saturated heterocycles. The van der Waals surface area contributed by atoms with Gasteiger partial charge in [-0.15, -0.1) is 0 Å². The van der Waals surface area contributed by atoms with Crippen molar-refractivity contribution in [2.45, 2.75) is 19.5 Å². The second kappa shape index (κ2) is 12.4. The maximum atomic E-state index is 12.8. The van der Waals surface area contributed by atoms with Crippen molar-refractivity contribution in [2.75, 3.05) is 17.7 Å². The number of hydrogen-bond donors (Lipinski definition) is 4. The standard InChI is InChI=1S/C30H29N5O4/c1-4-29(37)32-16-20-12-23(14-24(13-20)34-30(38)21-8-6-5-7-9-21)19(2)33-28-18-31-17-25(35-28)22-10-11-26(36)27(15-22)39-3/h4-15,17-19,36H,1,16H2,2-3H3,(H,32,37)(H,33,35)(H,34,38). The molecule has 4 N–H and O–H groups in total. The van der Waals surface area contributed by atoms with Crippen LogP contribution in [0.3, 0.4) is 0 Å². The fourth-order valence-electron chi connectivity index (χ4n) is 3.91. The fraction of sp³-hybridized carbons (Fsp3) is 0.133. The first-order chi connectivity index (χ1) is 18.9. The molecule has 1 unspecified atom stereocenters. The van der Waals surface area contributed by atoms with E-state index in [2.05, 4.69) is 32.5 Å². The molecule has 3 aromatic carbocycles. The molecule has 0 aliphatic rings. The van der Waals surface area contributed by atoms with Gasteiger partial charge >= 0.3 is 0 Å². The van der Waals surface area contributed by atoms with Crippen molar-refractivity contribution in [1.29, 1.82) is 0 Å². The van der Waals surface area contributed by atoms with Gasteiger partial charge in [-0.05, 0) is 66.6 Å². The Morgan fingerprint density at radius 2 is 1.87 bits per heavy atom. The van der Waals surface area contributed by atoms with Crippen LogP contribution in [0.5, 0.6) is 11.5 Å². The number of rotatable bonds is 10. The van der Waals surface area contributed by atoms with Crippen molar-refractivity contribution in [3.63, 3.8) is 0 Å². The molecular formula is C30H29N5O4. The number of nitrogens with zero attached hydrogens (tertiary/aromatic N) is 2. The van der Waals surface area contributed by atoms with Gasteiger partial charge in [0, 0.05) is 23.4 Å². The van der Waals surface area contributed by atoms with Crippen LogP contribution in [0.25, 0.3) is 11.3 Å². The number of carbonyl (C=O) groups excluding carboxylic acids is 2. The lowest BCUT2D eigenvalue weighted by Crippen LogP contribution is -2.20. The van der Waals surface area contributed by atoms with Crippen LogP contribution in [0.4, 0.5) is 11.5 Å². The van der Waals surface area contributed by atoms with E-state index in [0.29, 0.717) is 28.5 Å². The van der Waals surface area contributed by atoms with Gasteiger partial charge in [-0.1, -0.05) is 30.8 Å². The van der Waals surface area contributed by atoms with Crippen molar-refractivity contribution in [2.24, 2.45) is 0 Å². The van der Waals surface area contributed by atoms with E-state index >= 15 is 0 Å². The summed E-state index contributed by atoms with van der Waals surface area (Å²) in [5.41, 5.74) is 4.13. The van der Waals surface area contributed by atoms with Gasteiger partial charge in [0.05, 0.1) is 31.2 Å². The van der Waals surface area contributed by atoms with Crippen molar-refractivity contribution < 1.29 is 19.4 Å². The Kier molecular flexibility index (Phi) is 8.53. The summed E-state index contributed by atoms with van der Waals surface area (Å²) in [5, 5.41) is 19.0. The molecule has 9 nitrogen and oxygen atoms in total. The van der Waals surface area contributed by atoms with Gasteiger partial charge in [0.25, 0.3) is 5.91 Å². The van der Waals surface area contributed by atoms with E-state index in [9.17, 15) is 14.7 Å². The molecule has 1 aromatic heterocycles. The predicted octanol–water partition coefficient (Wildman–Crippen LogP) is 5.09. The van der Waals surface area contributed by atoms with Gasteiger partial charge in [0.2, 0.25) is 5.91 Å². The second-order valence-corrected chi connectivity index (χ2v) is 8.75. The second-order valence-electron chi connectivity index (χ2n) is 8.75. The molecule has 0 fully saturated rings. The maximum Gasteiger partial charge on any atom is 0.255 e. The third-order valence-corrected chi connectivity index (χ3v) is 5.94. The number of aromatic nitrogens is 2. The minimum Gasteiger partial charge on any atom is -0.504 e. The molecule has 0 radical (unpaired) electrons. The number of phenolic OH excluding ortho intramolecular Hbond substituents is 1. The number of phenols is 1. The van der Waals surface area contributed by atoms with E-state index in [1.54, 1.807) is 54.9 Å². The molecule has 0 spiro atoms. The Labute approximate surface area is 226 Å². The molecule has 0 aliphatic heterocycles. The van der Waals surface area contributed by atoms with Gasteiger partial charge in [-0.3, -0.25) is 14.6 Å². The highest BCUT2D eigenvalue weighted by Crippen LogP contribution is 2.31. The quantitative estimate of drug-likeness (QED) is 0.214. The highest BCUT2D eigenvalue weighted by molar-refractivity contribution is 6.04. The number of anilines is 2. The molecule has 0 aliphatic carbocycles. The molecule has 0 saturated carbocycles. The van der Waals surface area contributed by atoms with Gasteiger partial charge in [-0.25, -0.2) is 4.98 Å². The highest BCUT2D eigenvalue weighted by Gasteiger charge is 2.14. The first kappa shape index (κ1) is 26.9. The lowest BCUT2D eigenvalue weighted by molar-refractivity contribution is -0.116. The van der Waals surface area contributed by atoms with E-state index < -0.39 is 0 Å². The Hall–Kier alpha value is -5.18. The van der Waals surface area contributed by atoms with Crippen LogP contribution >= 0.6 is 0 Å². The Bertz CT molecular complexity index is 1490. The zero-order valence-corrected chi connectivity index (χ0v) is 21.6. The lowest BCUT2D eigenvalue weighted by atomic mass is 10.0. The molecule has 2 amide bonds. The smallest absolute Gasteiger partial charge is 0.255 e. The van der Waals surface area contributed by atoms with Crippen LogP contribution in [0, 0.1) is 0 Å². The van der Waals surface area contributed by atoms with Crippen LogP contribution in [0.2, 0.25) is 0 Å². The number of ether oxygens (including phenoxy) is 1. The number of carbonyl (C=O) groups is 2. The average Bonchev–Trinajstić information content (AvgIpc) is 2.96. The van der Waals surface area contributed by atoms with E-state index in [1.165, 1.54) is 13.2 Å². The molecular weight excluding hydrogens is 494 g/mol. The SMILES string of the molecule is C=CC(=O)NCc1cc(NC(=O)c2ccccc2)cc(C(C)Nc2cncc(-c3ccc(O)c(OC)c3)n2)c1. The Morgan fingerprint density at radius 3 is 2.62 bits per heavy atom. The van der Waals surface area contributed by atoms with E-state index in [0.717, 1.165) is 16.7 Å². The summed E-state index contributed by atoms with van der Waals surface area (Å²) in [4.78, 5) is 33.5. The number of nitrogens with one attached hydrogen (secondary N) is 3. The number of methoxy groups -OCH3 is 1. The summed E-state index contributed by atoms with van der Waals surface area (Å²) in [7, 11) is 1.48. The maximum absolute atomic E-state index is 12.8. The highest BCUT2D eigenvalue weighted by atomic mass is 16.5. The van der Waals surface area contributed by atoms with Crippen LogP contribution in [0.15, 0.2) is 91.8 Å². The molecule has 9 heteroatoms. The first-order valence-electron chi connectivity index (χ1n) is 12.2. The van der Waals surface area contributed by atoms with Crippen LogP contribution < -0.4 is 20.7 Å². The van der Waals surface area contributed by atoms with Gasteiger partial charge in [0.15, 0.2) is 11.5 Å². The van der Waals surface area contributed by atoms with Crippen molar-refractivity contribution in [3.8, 4) is 22.8 Å². The first-order valence-corrected chi connectivity index (χ1v) is 12.2. The third-order valence-electron chi connectivity index (χ3n) is 5.94. The van der Waals surface area contributed by atoms with Crippen molar-refractivity contribution >= 4 is 23.3 Å². The van der Waals surface area contributed by atoms with Crippen LogP contribution in [-0.2, 0) is 11.3 Å². The summed E-state index contributed by atoms with van der Waals surface area (Å²) in [6.45, 7) is 5.71. The summed E-state index contributed by atoms with van der Waals surface area (Å²) >= 11 is 0. The topological polar surface area (TPSA) is 125 Å². The summed E-state index contributed by atoms with van der Waals surface area (Å²) in [6, 6.07) is 19.3. The fourth-order valence-corrected chi connectivity index (χ4v) is 3.91. The predicted molar refractivity (Wildman–Crippen MR) is 151 cm³/mol. The summed E-state index contributed by atoms with van der Waals surface area (Å²) in [5.74, 6) is 0.381. The summed E-state index contributed by atoms with van der Waals surface area (Å²) < 4.78 is 5.20. The van der Waals surface area contributed by atoms with Crippen molar-refractivity contribution in [1.82, 2.24) is 15.3 Å². The third kappa shape index (κ3) is 6.98. The normalized spacial score (nSPS) is 11.2. The minimum absolute atomic E-state index is 0.0384. The molecule has 4 aromatic rings. The largest absolute Gasteiger partial charge is 0.504 e. The zero-order valence-electron chi connectivity index (χ0n) is 21.6. The number of hydrogen-bond acceptors (Lipinski definition) is 7. The number of aromatic hydroxyl groups is 1. The molecule has 1 heterocycles. The van der Waals surface area contributed by atoms with E-state index in [4.69, 9.17) is 4.74 Å². The molecule has 0 bridgehead atoms. The van der Waals surface area contributed by atoms with Crippen LogP contribution in [0.1, 0.15) is 34.5 Å². The Balaban J connectivity index is 1.58. The average molecular weight is 524 g/mol. The summed E-state index contributed by atoms with van der Waals surface area (Å²) in [6.07, 6.45) is 4.45. The Morgan fingerprint density at radius 1 is 1.08 bits per heavy atom. The minimum atomic E-state index is -0.292. The molecule has 198 valence electrons. The number of benzene rings is 3. The zero-order chi connectivity index (χ0) is 27.8. The molecule has 39 heavy (non-hydrogen) atoms. The molecule has 1 atom stereocenters. The van der Waals surface area contributed by atoms with Crippen LogP contribution in [-0.4, -0.2) is 34.0 Å². The number of amides is 2.